The van der Waals surface area contributed by atoms with E-state index in [1.54, 1.807) is 11.3 Å². The van der Waals surface area contributed by atoms with Crippen molar-refractivity contribution in [2.45, 2.75) is 52.4 Å². The summed E-state index contributed by atoms with van der Waals surface area (Å²) >= 11 is 5.60. The number of benzene rings is 2. The van der Waals surface area contributed by atoms with Gasteiger partial charge in [0.2, 0.25) is 0 Å². The lowest BCUT2D eigenvalue weighted by Gasteiger charge is -2.36. The Kier molecular flexibility index (Phi) is 5.51. The number of halogens is 1. The highest BCUT2D eigenvalue weighted by Gasteiger charge is 2.37. The zero-order chi connectivity index (χ0) is 19.1. The van der Waals surface area contributed by atoms with E-state index in [1.807, 2.05) is 0 Å². The monoisotopic (exact) mass is 446 g/mol. The third kappa shape index (κ3) is 3.84. The molecule has 26 heavy (non-hydrogen) atoms. The van der Waals surface area contributed by atoms with Crippen molar-refractivity contribution in [1.29, 1.82) is 0 Å². The van der Waals surface area contributed by atoms with Crippen LogP contribution in [0.5, 0.6) is 0 Å². The first-order chi connectivity index (χ1) is 12.1. The van der Waals surface area contributed by atoms with Gasteiger partial charge in [0.05, 0.1) is 10.4 Å². The van der Waals surface area contributed by atoms with Crippen LogP contribution in [-0.4, -0.2) is 8.32 Å². The molecule has 0 aliphatic heterocycles. The smallest absolute Gasteiger partial charge is 0.192 e. The molecule has 2 aromatic carbocycles. The third-order valence-corrected chi connectivity index (χ3v) is 11.8. The van der Waals surface area contributed by atoms with Crippen LogP contribution in [-0.2, 0) is 11.0 Å². The van der Waals surface area contributed by atoms with Crippen molar-refractivity contribution in [3.63, 3.8) is 0 Å². The van der Waals surface area contributed by atoms with E-state index in [4.69, 9.17) is 4.43 Å². The van der Waals surface area contributed by atoms with Gasteiger partial charge in [-0.1, -0.05) is 51.1 Å². The lowest BCUT2D eigenvalue weighted by molar-refractivity contribution is 0.276. The molecule has 0 atom stereocenters. The molecule has 0 radical (unpaired) electrons. The van der Waals surface area contributed by atoms with E-state index in [0.717, 1.165) is 0 Å². The standard InChI is InChI=1S/C22H27BrOSSi/c1-15-9-7-8-10-17(15)20-18-13-16(11-12-19(18)25-21(20)23)14-24-26(5,6)22(2,3)4/h7-13H,14H2,1-6H3. The van der Waals surface area contributed by atoms with Gasteiger partial charge >= 0.3 is 0 Å². The Bertz CT molecular complexity index is 937. The Labute approximate surface area is 170 Å². The molecule has 0 unspecified atom stereocenters. The van der Waals surface area contributed by atoms with E-state index in [-0.39, 0.29) is 5.04 Å². The molecule has 1 heterocycles. The van der Waals surface area contributed by atoms with Crippen molar-refractivity contribution in [2.24, 2.45) is 0 Å². The molecule has 3 rings (SSSR count). The molecule has 0 saturated heterocycles. The predicted octanol–water partition coefficient (Wildman–Crippen LogP) is 8.16. The summed E-state index contributed by atoms with van der Waals surface area (Å²) in [6.07, 6.45) is 0. The van der Waals surface area contributed by atoms with Gasteiger partial charge in [-0.05, 0) is 69.8 Å². The van der Waals surface area contributed by atoms with Crippen LogP contribution in [0.1, 0.15) is 31.9 Å². The van der Waals surface area contributed by atoms with Gasteiger partial charge in [0.15, 0.2) is 8.32 Å². The second-order valence-electron chi connectivity index (χ2n) is 8.45. The van der Waals surface area contributed by atoms with Crippen LogP contribution in [0, 0.1) is 6.92 Å². The Balaban J connectivity index is 1.99. The number of thiophene rings is 1. The van der Waals surface area contributed by atoms with Gasteiger partial charge in [0.1, 0.15) is 0 Å². The molecule has 0 fully saturated rings. The first kappa shape index (κ1) is 19.8. The SMILES string of the molecule is Cc1ccccc1-c1c(Br)sc2ccc(CO[Si](C)(C)C(C)(C)C)cc12. The highest BCUT2D eigenvalue weighted by Crippen LogP contribution is 2.44. The third-order valence-electron chi connectivity index (χ3n) is 5.53. The van der Waals surface area contributed by atoms with E-state index < -0.39 is 8.32 Å². The normalized spacial score (nSPS) is 12.7. The summed E-state index contributed by atoms with van der Waals surface area (Å²) in [6.45, 7) is 14.3. The highest BCUT2D eigenvalue weighted by molar-refractivity contribution is 9.11. The molecule has 0 amide bonds. The van der Waals surface area contributed by atoms with Crippen LogP contribution >= 0.6 is 27.3 Å². The van der Waals surface area contributed by atoms with Gasteiger partial charge in [-0.15, -0.1) is 11.3 Å². The second-order valence-corrected chi connectivity index (χ2v) is 15.6. The minimum Gasteiger partial charge on any atom is -0.413 e. The molecular formula is C22H27BrOSSi. The minimum atomic E-state index is -1.74. The predicted molar refractivity (Wildman–Crippen MR) is 122 cm³/mol. The van der Waals surface area contributed by atoms with Gasteiger partial charge in [-0.25, -0.2) is 0 Å². The molecule has 0 bridgehead atoms. The maximum atomic E-state index is 6.44. The molecular weight excluding hydrogens is 420 g/mol. The molecule has 0 N–H and O–H groups in total. The maximum absolute atomic E-state index is 6.44. The molecule has 0 aliphatic carbocycles. The highest BCUT2D eigenvalue weighted by atomic mass is 79.9. The summed E-state index contributed by atoms with van der Waals surface area (Å²) in [5, 5.41) is 1.54. The van der Waals surface area contributed by atoms with E-state index in [1.165, 1.54) is 36.1 Å². The van der Waals surface area contributed by atoms with Crippen molar-refractivity contribution < 1.29 is 4.43 Å². The maximum Gasteiger partial charge on any atom is 0.192 e. The van der Waals surface area contributed by atoms with E-state index in [2.05, 4.69) is 99.2 Å². The minimum absolute atomic E-state index is 0.231. The van der Waals surface area contributed by atoms with Gasteiger partial charge in [0.25, 0.3) is 0 Å². The van der Waals surface area contributed by atoms with Crippen LogP contribution in [0.4, 0.5) is 0 Å². The average Bonchev–Trinajstić information content (AvgIpc) is 2.87. The molecule has 3 aromatic rings. The molecule has 0 saturated carbocycles. The summed E-state index contributed by atoms with van der Waals surface area (Å²) in [6, 6.07) is 15.3. The van der Waals surface area contributed by atoms with E-state index >= 15 is 0 Å². The molecule has 1 aromatic heterocycles. The molecule has 138 valence electrons. The Morgan fingerprint density at radius 1 is 1.08 bits per heavy atom. The topological polar surface area (TPSA) is 9.23 Å². The van der Waals surface area contributed by atoms with Crippen LogP contribution in [0.2, 0.25) is 18.1 Å². The fourth-order valence-electron chi connectivity index (χ4n) is 2.79. The van der Waals surface area contributed by atoms with Crippen LogP contribution in [0.3, 0.4) is 0 Å². The molecule has 0 spiro atoms. The molecule has 1 nitrogen and oxygen atoms in total. The number of rotatable bonds is 4. The van der Waals surface area contributed by atoms with Gasteiger partial charge in [-0.3, -0.25) is 0 Å². The van der Waals surface area contributed by atoms with E-state index in [0.29, 0.717) is 6.61 Å². The van der Waals surface area contributed by atoms with Crippen LogP contribution in [0.25, 0.3) is 21.2 Å². The largest absolute Gasteiger partial charge is 0.413 e. The molecule has 0 aliphatic rings. The van der Waals surface area contributed by atoms with Crippen molar-refractivity contribution in [3.05, 3.63) is 57.4 Å². The second kappa shape index (κ2) is 7.23. The average molecular weight is 448 g/mol. The summed E-state index contributed by atoms with van der Waals surface area (Å²) in [4.78, 5) is 0. The zero-order valence-corrected chi connectivity index (χ0v) is 19.8. The quantitative estimate of drug-likeness (QED) is 0.367. The number of hydrogen-bond donors (Lipinski definition) is 0. The summed E-state index contributed by atoms with van der Waals surface area (Å²) < 4.78 is 8.95. The van der Waals surface area contributed by atoms with Gasteiger partial charge < -0.3 is 4.43 Å². The number of fused-ring (bicyclic) bond motifs is 1. The number of hydrogen-bond acceptors (Lipinski definition) is 2. The Morgan fingerprint density at radius 3 is 2.42 bits per heavy atom. The van der Waals surface area contributed by atoms with Crippen molar-refractivity contribution in [2.75, 3.05) is 0 Å². The van der Waals surface area contributed by atoms with Gasteiger partial charge in [-0.2, -0.15) is 0 Å². The molecule has 4 heteroatoms. The van der Waals surface area contributed by atoms with Crippen molar-refractivity contribution in [3.8, 4) is 11.1 Å². The zero-order valence-electron chi connectivity index (χ0n) is 16.4. The van der Waals surface area contributed by atoms with Crippen LogP contribution in [0.15, 0.2) is 46.3 Å². The first-order valence-electron chi connectivity index (χ1n) is 9.01. The number of aryl methyl sites for hydroxylation is 1. The van der Waals surface area contributed by atoms with Crippen molar-refractivity contribution in [1.82, 2.24) is 0 Å². The fourth-order valence-corrected chi connectivity index (χ4v) is 5.62. The van der Waals surface area contributed by atoms with Crippen LogP contribution < -0.4 is 0 Å². The van der Waals surface area contributed by atoms with Gasteiger partial charge in [0, 0.05) is 15.6 Å². The lowest BCUT2D eigenvalue weighted by atomic mass is 9.99. The summed E-state index contributed by atoms with van der Waals surface area (Å²) in [5.74, 6) is 0. The van der Waals surface area contributed by atoms with E-state index in [9.17, 15) is 0 Å². The first-order valence-corrected chi connectivity index (χ1v) is 13.5. The van der Waals surface area contributed by atoms with Crippen molar-refractivity contribution >= 4 is 45.7 Å². The summed E-state index contributed by atoms with van der Waals surface area (Å²) in [7, 11) is -1.74. The fraction of sp³-hybridized carbons (Fsp3) is 0.364. The Morgan fingerprint density at radius 2 is 1.77 bits per heavy atom. The lowest BCUT2D eigenvalue weighted by Crippen LogP contribution is -2.40. The summed E-state index contributed by atoms with van der Waals surface area (Å²) in [5.41, 5.74) is 5.16. The Hall–Kier alpha value is -0.943.